The van der Waals surface area contributed by atoms with Gasteiger partial charge in [0.05, 0.1) is 23.5 Å². The molecule has 1 saturated carbocycles. The lowest BCUT2D eigenvalue weighted by Crippen LogP contribution is -2.31. The van der Waals surface area contributed by atoms with Crippen LogP contribution in [0.25, 0.3) is 11.5 Å². The highest BCUT2D eigenvalue weighted by Gasteiger charge is 2.31. The molecule has 1 aromatic heterocycles. The van der Waals surface area contributed by atoms with Gasteiger partial charge in [-0.1, -0.05) is 58.4 Å². The summed E-state index contributed by atoms with van der Waals surface area (Å²) >= 11 is 1.01. The van der Waals surface area contributed by atoms with Crippen molar-refractivity contribution in [1.82, 2.24) is 10.3 Å². The molecule has 2 aromatic rings. The minimum atomic E-state index is -4.45. The Balaban J connectivity index is 0.00000247. The van der Waals surface area contributed by atoms with Crippen molar-refractivity contribution >= 4 is 23.3 Å². The Bertz CT molecular complexity index is 1030. The summed E-state index contributed by atoms with van der Waals surface area (Å²) in [6, 6.07) is 4.96. The third-order valence-electron chi connectivity index (χ3n) is 6.47. The molecule has 0 saturated heterocycles. The predicted octanol–water partition coefficient (Wildman–Crippen LogP) is 7.40. The SMILES string of the molecule is CC.CNC(=O)C(CCC1CCCC(OCc2nc(-c3cccc(C(F)(F)F)c3)oc2C(C)C)C1)SC=O. The fourth-order valence-electron chi connectivity index (χ4n) is 4.60. The van der Waals surface area contributed by atoms with Crippen molar-refractivity contribution in [3.63, 3.8) is 0 Å². The number of nitrogens with one attached hydrogen (secondary N) is 1. The zero-order valence-corrected chi connectivity index (χ0v) is 23.6. The average Bonchev–Trinajstić information content (AvgIpc) is 3.35. The van der Waals surface area contributed by atoms with Crippen LogP contribution < -0.4 is 5.32 Å². The molecule has 0 aliphatic heterocycles. The fraction of sp³-hybridized carbons (Fsp3) is 0.607. The number of hydrogen-bond acceptors (Lipinski definition) is 6. The van der Waals surface area contributed by atoms with E-state index in [9.17, 15) is 22.8 Å². The molecule has 6 nitrogen and oxygen atoms in total. The highest BCUT2D eigenvalue weighted by molar-refractivity contribution is 8.13. The fourth-order valence-corrected chi connectivity index (χ4v) is 5.25. The largest absolute Gasteiger partial charge is 0.441 e. The van der Waals surface area contributed by atoms with Gasteiger partial charge in [0.25, 0.3) is 0 Å². The Kier molecular flexibility index (Phi) is 12.8. The van der Waals surface area contributed by atoms with Crippen molar-refractivity contribution in [2.75, 3.05) is 7.05 Å². The molecule has 1 fully saturated rings. The molecule has 1 aliphatic rings. The van der Waals surface area contributed by atoms with Gasteiger partial charge in [0.15, 0.2) is 5.62 Å². The predicted molar refractivity (Wildman–Crippen MR) is 144 cm³/mol. The van der Waals surface area contributed by atoms with Crippen LogP contribution in [0.3, 0.4) is 0 Å². The van der Waals surface area contributed by atoms with Gasteiger partial charge in [-0.25, -0.2) is 4.98 Å². The van der Waals surface area contributed by atoms with E-state index >= 15 is 0 Å². The number of carbonyl (C=O) groups is 2. The van der Waals surface area contributed by atoms with Crippen molar-refractivity contribution in [3.8, 4) is 11.5 Å². The van der Waals surface area contributed by atoms with Gasteiger partial charge in [-0.3, -0.25) is 9.59 Å². The van der Waals surface area contributed by atoms with Gasteiger partial charge in [0, 0.05) is 18.5 Å². The first-order chi connectivity index (χ1) is 18.1. The first kappa shape index (κ1) is 31.9. The van der Waals surface area contributed by atoms with E-state index in [-0.39, 0.29) is 41.2 Å². The molecule has 1 aliphatic carbocycles. The molecule has 0 spiro atoms. The molecular weight excluding hydrogens is 517 g/mol. The van der Waals surface area contributed by atoms with Gasteiger partial charge in [-0.2, -0.15) is 13.2 Å². The Hall–Kier alpha value is -2.33. The van der Waals surface area contributed by atoms with E-state index in [1.54, 1.807) is 13.1 Å². The maximum absolute atomic E-state index is 13.1. The summed E-state index contributed by atoms with van der Waals surface area (Å²) in [5, 5.41) is 2.23. The summed E-state index contributed by atoms with van der Waals surface area (Å²) in [5.74, 6) is 1.00. The first-order valence-corrected chi connectivity index (χ1v) is 14.2. The third kappa shape index (κ3) is 9.15. The number of benzene rings is 1. The van der Waals surface area contributed by atoms with Crippen LogP contribution in [0.4, 0.5) is 13.2 Å². The van der Waals surface area contributed by atoms with Gasteiger partial charge in [0.1, 0.15) is 11.5 Å². The Labute approximate surface area is 227 Å². The Morgan fingerprint density at radius 1 is 1.29 bits per heavy atom. The van der Waals surface area contributed by atoms with E-state index in [4.69, 9.17) is 9.15 Å². The number of hydrogen-bond donors (Lipinski definition) is 1. The molecule has 0 bridgehead atoms. The maximum Gasteiger partial charge on any atom is 0.416 e. The van der Waals surface area contributed by atoms with Crippen LogP contribution in [0.2, 0.25) is 0 Å². The van der Waals surface area contributed by atoms with E-state index in [0.717, 1.165) is 56.0 Å². The molecule has 3 rings (SSSR count). The van der Waals surface area contributed by atoms with E-state index in [0.29, 0.717) is 29.4 Å². The molecule has 3 unspecified atom stereocenters. The van der Waals surface area contributed by atoms with E-state index in [1.807, 2.05) is 27.7 Å². The van der Waals surface area contributed by atoms with Crippen molar-refractivity contribution in [2.24, 2.45) is 5.92 Å². The second-order valence-electron chi connectivity index (χ2n) is 9.44. The summed E-state index contributed by atoms with van der Waals surface area (Å²) in [4.78, 5) is 27.4. The average molecular weight is 557 g/mol. The normalized spacial score (nSPS) is 18.4. The molecule has 1 aromatic carbocycles. The third-order valence-corrected chi connectivity index (χ3v) is 7.36. The molecule has 10 heteroatoms. The Morgan fingerprint density at radius 3 is 2.66 bits per heavy atom. The van der Waals surface area contributed by atoms with Gasteiger partial charge in [-0.15, -0.1) is 0 Å². The smallest absolute Gasteiger partial charge is 0.416 e. The minimum Gasteiger partial charge on any atom is -0.441 e. The number of aromatic nitrogens is 1. The van der Waals surface area contributed by atoms with E-state index in [1.165, 1.54) is 6.07 Å². The van der Waals surface area contributed by atoms with Crippen LogP contribution in [-0.2, 0) is 27.1 Å². The van der Waals surface area contributed by atoms with Crippen LogP contribution in [0.1, 0.15) is 89.2 Å². The van der Waals surface area contributed by atoms with Crippen LogP contribution in [-0.4, -0.2) is 34.9 Å². The van der Waals surface area contributed by atoms with Crippen LogP contribution in [0.5, 0.6) is 0 Å². The highest BCUT2D eigenvalue weighted by atomic mass is 32.2. The van der Waals surface area contributed by atoms with E-state index in [2.05, 4.69) is 10.3 Å². The number of rotatable bonds is 11. The summed E-state index contributed by atoms with van der Waals surface area (Å²) < 4.78 is 51.5. The number of thioether (sulfide) groups is 1. The minimum absolute atomic E-state index is 0.00767. The second kappa shape index (κ2) is 15.3. The monoisotopic (exact) mass is 556 g/mol. The number of alkyl halides is 3. The van der Waals surface area contributed by atoms with Gasteiger partial charge in [0.2, 0.25) is 11.8 Å². The van der Waals surface area contributed by atoms with Crippen LogP contribution in [0, 0.1) is 5.92 Å². The summed E-state index contributed by atoms with van der Waals surface area (Å²) in [5.41, 5.74) is 0.835. The number of nitrogens with zero attached hydrogens (tertiary/aromatic N) is 1. The molecule has 1 heterocycles. The standard InChI is InChI=1S/C26H33F3N2O4S.C2H6/c1-16(2)23-21(31-25(35-23)18-7-5-8-19(13-18)26(27,28)29)14-34-20-9-4-6-17(12-20)10-11-22(36-15-32)24(33)30-3;1-2/h5,7-8,13,15-17,20,22H,4,6,9-12,14H2,1-3H3,(H,30,33);1-2H3. The van der Waals surface area contributed by atoms with Gasteiger partial charge < -0.3 is 14.5 Å². The van der Waals surface area contributed by atoms with Crippen LogP contribution >= 0.6 is 11.8 Å². The molecule has 1 N–H and O–H groups in total. The maximum atomic E-state index is 13.1. The topological polar surface area (TPSA) is 81.4 Å². The van der Waals surface area contributed by atoms with Gasteiger partial charge >= 0.3 is 6.18 Å². The summed E-state index contributed by atoms with van der Waals surface area (Å²) in [6.07, 6.45) is 0.851. The molecule has 3 atom stereocenters. The molecular formula is C28H39F3N2O4S. The van der Waals surface area contributed by atoms with E-state index < -0.39 is 11.7 Å². The highest BCUT2D eigenvalue weighted by Crippen LogP contribution is 2.35. The number of oxazole rings is 1. The van der Waals surface area contributed by atoms with Crippen molar-refractivity contribution in [2.45, 2.75) is 96.3 Å². The van der Waals surface area contributed by atoms with Crippen LogP contribution in [0.15, 0.2) is 28.7 Å². The molecule has 212 valence electrons. The number of amides is 1. The number of carbonyl (C=O) groups excluding carboxylic acids is 2. The first-order valence-electron chi connectivity index (χ1n) is 13.2. The lowest BCUT2D eigenvalue weighted by molar-refractivity contribution is -0.137. The van der Waals surface area contributed by atoms with Crippen molar-refractivity contribution < 1.29 is 31.9 Å². The Morgan fingerprint density at radius 2 is 2.03 bits per heavy atom. The molecule has 38 heavy (non-hydrogen) atoms. The van der Waals surface area contributed by atoms with Gasteiger partial charge in [-0.05, 0) is 49.8 Å². The summed E-state index contributed by atoms with van der Waals surface area (Å²) in [6.45, 7) is 8.10. The lowest BCUT2D eigenvalue weighted by Gasteiger charge is -2.29. The summed E-state index contributed by atoms with van der Waals surface area (Å²) in [7, 11) is 1.57. The zero-order chi connectivity index (χ0) is 28.3. The lowest BCUT2D eigenvalue weighted by atomic mass is 9.84. The second-order valence-corrected chi connectivity index (χ2v) is 10.5. The quantitative estimate of drug-likeness (QED) is 0.290. The number of halogens is 3. The molecule has 1 amide bonds. The molecule has 0 radical (unpaired) electrons. The van der Waals surface area contributed by atoms with Crippen molar-refractivity contribution in [1.29, 1.82) is 0 Å². The number of ether oxygens (including phenoxy) is 1. The zero-order valence-electron chi connectivity index (χ0n) is 22.8. The van der Waals surface area contributed by atoms with Crippen molar-refractivity contribution in [3.05, 3.63) is 41.3 Å².